The van der Waals surface area contributed by atoms with Gasteiger partial charge in [-0.15, -0.1) is 0 Å². The summed E-state index contributed by atoms with van der Waals surface area (Å²) in [5.74, 6) is -0.290. The fourth-order valence-corrected chi connectivity index (χ4v) is 2.93. The molecule has 0 saturated carbocycles. The van der Waals surface area contributed by atoms with E-state index in [9.17, 15) is 9.18 Å². The molecule has 0 fully saturated rings. The molecule has 1 aromatic heterocycles. The van der Waals surface area contributed by atoms with Crippen molar-refractivity contribution in [2.45, 2.75) is 32.7 Å². The van der Waals surface area contributed by atoms with Crippen molar-refractivity contribution in [2.24, 2.45) is 0 Å². The number of hydrogen-bond donors (Lipinski definition) is 2. The lowest BCUT2D eigenvalue weighted by atomic mass is 10.1. The summed E-state index contributed by atoms with van der Waals surface area (Å²) in [6.07, 6.45) is 1.64. The first kappa shape index (κ1) is 12.9. The average Bonchev–Trinajstić information content (AvgIpc) is 2.93. The molecule has 0 saturated heterocycles. The number of amides is 1. The minimum Gasteiger partial charge on any atom is -0.362 e. The third-order valence-corrected chi connectivity index (χ3v) is 3.88. The monoisotopic (exact) mass is 272 g/mol. The molecular weight excluding hydrogens is 255 g/mol. The number of nitrogens with one attached hydrogen (secondary N) is 2. The second-order valence-electron chi connectivity index (χ2n) is 5.40. The summed E-state index contributed by atoms with van der Waals surface area (Å²) in [4.78, 5) is 15.4. The van der Waals surface area contributed by atoms with Crippen molar-refractivity contribution in [2.75, 3.05) is 0 Å². The molecule has 2 N–H and O–H groups in total. The van der Waals surface area contributed by atoms with Crippen LogP contribution in [-0.2, 0) is 6.42 Å². The first-order valence-electron chi connectivity index (χ1n) is 6.80. The van der Waals surface area contributed by atoms with Crippen LogP contribution in [0.15, 0.2) is 24.3 Å². The highest BCUT2D eigenvalue weighted by Gasteiger charge is 2.25. The van der Waals surface area contributed by atoms with E-state index in [1.165, 1.54) is 6.07 Å². The molecule has 0 aliphatic heterocycles. The van der Waals surface area contributed by atoms with Crippen LogP contribution in [0.2, 0.25) is 0 Å². The molecule has 1 aliphatic carbocycles. The number of halogens is 1. The molecule has 3 nitrogen and oxygen atoms in total. The molecule has 1 amide bonds. The Labute approximate surface area is 117 Å². The fourth-order valence-electron chi connectivity index (χ4n) is 2.93. The molecule has 1 atom stereocenters. The predicted octanol–water partition coefficient (Wildman–Crippen LogP) is 3.19. The summed E-state index contributed by atoms with van der Waals surface area (Å²) in [5, 5.41) is 3.04. The van der Waals surface area contributed by atoms with Gasteiger partial charge in [-0.3, -0.25) is 4.79 Å². The zero-order valence-electron chi connectivity index (χ0n) is 11.6. The molecule has 1 aromatic carbocycles. The van der Waals surface area contributed by atoms with Gasteiger partial charge in [0.1, 0.15) is 5.82 Å². The number of fused-ring (bicyclic) bond motifs is 1. The van der Waals surface area contributed by atoms with Crippen LogP contribution >= 0.6 is 0 Å². The van der Waals surface area contributed by atoms with E-state index < -0.39 is 0 Å². The van der Waals surface area contributed by atoms with Crippen molar-refractivity contribution in [3.63, 3.8) is 0 Å². The van der Waals surface area contributed by atoms with Crippen molar-refractivity contribution in [3.8, 4) is 0 Å². The quantitative estimate of drug-likeness (QED) is 0.866. The van der Waals surface area contributed by atoms with E-state index in [1.807, 2.05) is 19.9 Å². The van der Waals surface area contributed by atoms with Gasteiger partial charge in [0.2, 0.25) is 0 Å². The van der Waals surface area contributed by atoms with Crippen molar-refractivity contribution < 1.29 is 9.18 Å². The second kappa shape index (κ2) is 4.78. The van der Waals surface area contributed by atoms with Crippen LogP contribution in [-0.4, -0.2) is 10.9 Å². The molecule has 2 aromatic rings. The van der Waals surface area contributed by atoms with E-state index in [0.29, 0.717) is 5.56 Å². The van der Waals surface area contributed by atoms with Gasteiger partial charge in [0.15, 0.2) is 0 Å². The Hall–Kier alpha value is -2.10. The van der Waals surface area contributed by atoms with Crippen LogP contribution in [0.4, 0.5) is 4.39 Å². The Morgan fingerprint density at radius 3 is 2.85 bits per heavy atom. The van der Waals surface area contributed by atoms with E-state index in [4.69, 9.17) is 0 Å². The fraction of sp³-hybridized carbons (Fsp3) is 0.312. The second-order valence-corrected chi connectivity index (χ2v) is 5.40. The van der Waals surface area contributed by atoms with Crippen LogP contribution in [0, 0.1) is 19.7 Å². The van der Waals surface area contributed by atoms with Gasteiger partial charge in [0, 0.05) is 11.4 Å². The van der Waals surface area contributed by atoms with Crippen LogP contribution in [0.5, 0.6) is 0 Å². The van der Waals surface area contributed by atoms with Gasteiger partial charge in [-0.05, 0) is 56.0 Å². The van der Waals surface area contributed by atoms with Crippen LogP contribution in [0.1, 0.15) is 45.3 Å². The number of aromatic amines is 1. The lowest BCUT2D eigenvalue weighted by molar-refractivity contribution is 0.0936. The van der Waals surface area contributed by atoms with E-state index in [-0.39, 0.29) is 17.8 Å². The number of rotatable bonds is 2. The van der Waals surface area contributed by atoms with Crippen molar-refractivity contribution in [1.82, 2.24) is 10.3 Å². The Balaban J connectivity index is 1.80. The normalized spacial score (nSPS) is 17.1. The third-order valence-electron chi connectivity index (χ3n) is 3.88. The minimum absolute atomic E-state index is 0.0206. The number of carbonyl (C=O) groups is 1. The molecule has 1 heterocycles. The molecule has 1 unspecified atom stereocenters. The SMILES string of the molecule is Cc1cc(C(=O)NC2CCc3cc(F)ccc32)c(C)[nH]1. The van der Waals surface area contributed by atoms with E-state index in [2.05, 4.69) is 10.3 Å². The van der Waals surface area contributed by atoms with Gasteiger partial charge in [0.05, 0.1) is 11.6 Å². The maximum atomic E-state index is 13.2. The third kappa shape index (κ3) is 2.22. The highest BCUT2D eigenvalue weighted by molar-refractivity contribution is 5.95. The molecule has 0 radical (unpaired) electrons. The molecule has 0 spiro atoms. The smallest absolute Gasteiger partial charge is 0.253 e. The topological polar surface area (TPSA) is 44.9 Å². The Bertz CT molecular complexity index is 675. The van der Waals surface area contributed by atoms with Crippen LogP contribution in [0.25, 0.3) is 0 Å². The van der Waals surface area contributed by atoms with E-state index >= 15 is 0 Å². The maximum absolute atomic E-state index is 13.2. The van der Waals surface area contributed by atoms with Gasteiger partial charge in [-0.2, -0.15) is 0 Å². The lowest BCUT2D eigenvalue weighted by Gasteiger charge is -2.14. The summed E-state index contributed by atoms with van der Waals surface area (Å²) in [6, 6.07) is 6.62. The summed E-state index contributed by atoms with van der Waals surface area (Å²) >= 11 is 0. The van der Waals surface area contributed by atoms with Crippen LogP contribution in [0.3, 0.4) is 0 Å². The zero-order chi connectivity index (χ0) is 14.3. The average molecular weight is 272 g/mol. The number of carbonyl (C=O) groups excluding carboxylic acids is 1. The highest BCUT2D eigenvalue weighted by atomic mass is 19.1. The first-order valence-corrected chi connectivity index (χ1v) is 6.80. The molecule has 3 rings (SSSR count). The molecule has 0 bridgehead atoms. The Morgan fingerprint density at radius 2 is 2.15 bits per heavy atom. The number of aromatic nitrogens is 1. The Morgan fingerprint density at radius 1 is 1.35 bits per heavy atom. The predicted molar refractivity (Wildman–Crippen MR) is 75.2 cm³/mol. The van der Waals surface area contributed by atoms with Crippen molar-refractivity contribution in [3.05, 3.63) is 58.2 Å². The molecule has 20 heavy (non-hydrogen) atoms. The number of H-pyrrole nitrogens is 1. The van der Waals surface area contributed by atoms with Crippen molar-refractivity contribution >= 4 is 5.91 Å². The summed E-state index contributed by atoms with van der Waals surface area (Å²) in [6.45, 7) is 3.82. The number of hydrogen-bond acceptors (Lipinski definition) is 1. The summed E-state index contributed by atoms with van der Waals surface area (Å²) in [7, 11) is 0. The summed E-state index contributed by atoms with van der Waals surface area (Å²) < 4.78 is 13.2. The Kier molecular flexibility index (Phi) is 3.08. The summed E-state index contributed by atoms with van der Waals surface area (Å²) in [5.41, 5.74) is 4.55. The lowest BCUT2D eigenvalue weighted by Crippen LogP contribution is -2.27. The van der Waals surface area contributed by atoms with Gasteiger partial charge in [-0.25, -0.2) is 4.39 Å². The van der Waals surface area contributed by atoms with Gasteiger partial charge in [0.25, 0.3) is 5.91 Å². The maximum Gasteiger partial charge on any atom is 0.253 e. The zero-order valence-corrected chi connectivity index (χ0v) is 11.6. The molecule has 104 valence electrons. The van der Waals surface area contributed by atoms with E-state index in [0.717, 1.165) is 35.4 Å². The first-order chi connectivity index (χ1) is 9.54. The van der Waals surface area contributed by atoms with Gasteiger partial charge >= 0.3 is 0 Å². The molecule has 1 aliphatic rings. The molecular formula is C16H17FN2O. The largest absolute Gasteiger partial charge is 0.362 e. The number of aryl methyl sites for hydroxylation is 3. The highest BCUT2D eigenvalue weighted by Crippen LogP contribution is 2.31. The standard InChI is InChI=1S/C16H17FN2O/c1-9-7-14(10(2)18-9)16(20)19-15-6-3-11-8-12(17)4-5-13(11)15/h4-5,7-8,15,18H,3,6H2,1-2H3,(H,19,20). The van der Waals surface area contributed by atoms with Crippen molar-refractivity contribution in [1.29, 1.82) is 0 Å². The van der Waals surface area contributed by atoms with Gasteiger partial charge in [-0.1, -0.05) is 6.07 Å². The number of benzene rings is 1. The minimum atomic E-state index is -0.215. The van der Waals surface area contributed by atoms with Crippen LogP contribution < -0.4 is 5.32 Å². The molecule has 4 heteroatoms. The van der Waals surface area contributed by atoms with Gasteiger partial charge < -0.3 is 10.3 Å². The van der Waals surface area contributed by atoms with E-state index in [1.54, 1.807) is 12.1 Å².